The molecule has 2 rings (SSSR count). The van der Waals surface area contributed by atoms with Crippen LogP contribution >= 0.6 is 11.5 Å². The average molecular weight is 269 g/mol. The van der Waals surface area contributed by atoms with Crippen LogP contribution in [-0.2, 0) is 11.3 Å². The number of anilines is 1. The molecule has 1 aromatic rings. The minimum Gasteiger partial charge on any atom is -0.377 e. The monoisotopic (exact) mass is 269 g/mol. The summed E-state index contributed by atoms with van der Waals surface area (Å²) < 4.78 is 3.80. The van der Waals surface area contributed by atoms with Gasteiger partial charge in [0.05, 0.1) is 6.54 Å². The van der Waals surface area contributed by atoms with Crippen LogP contribution in [0.1, 0.15) is 25.5 Å². The summed E-state index contributed by atoms with van der Waals surface area (Å²) in [6.45, 7) is 2.14. The zero-order chi connectivity index (χ0) is 13.1. The van der Waals surface area contributed by atoms with Gasteiger partial charge in [0.2, 0.25) is 0 Å². The second-order valence-electron chi connectivity index (χ2n) is 4.01. The molecule has 2 N–H and O–H groups in total. The van der Waals surface area contributed by atoms with Crippen molar-refractivity contribution in [3.63, 3.8) is 0 Å². The van der Waals surface area contributed by atoms with E-state index < -0.39 is 6.04 Å². The van der Waals surface area contributed by atoms with E-state index in [0.29, 0.717) is 12.1 Å². The largest absolute Gasteiger partial charge is 0.377 e. The lowest BCUT2D eigenvalue weighted by Crippen LogP contribution is -2.31. The normalized spacial score (nSPS) is 19.2. The number of imide groups is 1. The molecule has 1 atom stereocenters. The lowest BCUT2D eigenvalue weighted by Gasteiger charge is -2.11. The van der Waals surface area contributed by atoms with Gasteiger partial charge in [-0.3, -0.25) is 9.69 Å². The number of amides is 3. The Labute approximate surface area is 109 Å². The average Bonchev–Trinajstić information content (AvgIpc) is 2.90. The third-order valence-corrected chi connectivity index (χ3v) is 3.56. The van der Waals surface area contributed by atoms with Crippen molar-refractivity contribution in [2.75, 3.05) is 12.4 Å². The van der Waals surface area contributed by atoms with Gasteiger partial charge < -0.3 is 10.6 Å². The van der Waals surface area contributed by atoms with Crippen molar-refractivity contribution in [3.05, 3.63) is 5.69 Å². The first-order valence-corrected chi connectivity index (χ1v) is 6.55. The molecule has 1 unspecified atom stereocenters. The number of aromatic nitrogens is 2. The number of carbonyl (C=O) groups is 2. The zero-order valence-corrected chi connectivity index (χ0v) is 11.1. The summed E-state index contributed by atoms with van der Waals surface area (Å²) in [5.74, 6) is -0.183. The minimum atomic E-state index is -0.396. The molecule has 0 saturated carbocycles. The molecule has 0 radical (unpaired) electrons. The SMILES string of the molecule is CCCC1NC(=O)N(Cc2nnsc2NC)C1=O. The van der Waals surface area contributed by atoms with Crippen LogP contribution in [0.4, 0.5) is 9.80 Å². The lowest BCUT2D eigenvalue weighted by molar-refractivity contribution is -0.128. The fraction of sp³-hybridized carbons (Fsp3) is 0.600. The molecule has 18 heavy (non-hydrogen) atoms. The van der Waals surface area contributed by atoms with E-state index in [9.17, 15) is 9.59 Å². The van der Waals surface area contributed by atoms with Gasteiger partial charge in [-0.25, -0.2) is 4.79 Å². The van der Waals surface area contributed by atoms with E-state index in [0.717, 1.165) is 11.4 Å². The van der Waals surface area contributed by atoms with Gasteiger partial charge in [0.25, 0.3) is 5.91 Å². The Balaban J connectivity index is 2.10. The van der Waals surface area contributed by atoms with Gasteiger partial charge >= 0.3 is 6.03 Å². The molecular weight excluding hydrogens is 254 g/mol. The molecule has 1 aliphatic heterocycles. The van der Waals surface area contributed by atoms with Crippen LogP contribution in [0, 0.1) is 0 Å². The smallest absolute Gasteiger partial charge is 0.325 e. The van der Waals surface area contributed by atoms with Crippen molar-refractivity contribution < 1.29 is 9.59 Å². The number of nitrogens with one attached hydrogen (secondary N) is 2. The summed E-state index contributed by atoms with van der Waals surface area (Å²) in [5.41, 5.74) is 0.614. The molecule has 8 heteroatoms. The number of urea groups is 1. The van der Waals surface area contributed by atoms with Crippen molar-refractivity contribution in [2.24, 2.45) is 0 Å². The highest BCUT2D eigenvalue weighted by Gasteiger charge is 2.37. The fourth-order valence-electron chi connectivity index (χ4n) is 1.86. The van der Waals surface area contributed by atoms with Gasteiger partial charge in [0, 0.05) is 18.6 Å². The Morgan fingerprint density at radius 2 is 2.28 bits per heavy atom. The van der Waals surface area contributed by atoms with Crippen LogP contribution in [-0.4, -0.2) is 39.5 Å². The summed E-state index contributed by atoms with van der Waals surface area (Å²) >= 11 is 1.20. The highest BCUT2D eigenvalue weighted by molar-refractivity contribution is 7.10. The molecule has 98 valence electrons. The Hall–Kier alpha value is -1.70. The molecule has 2 heterocycles. The maximum absolute atomic E-state index is 12.0. The quantitative estimate of drug-likeness (QED) is 0.772. The first-order valence-electron chi connectivity index (χ1n) is 5.78. The van der Waals surface area contributed by atoms with Crippen LogP contribution in [0.2, 0.25) is 0 Å². The summed E-state index contributed by atoms with van der Waals surface area (Å²) in [4.78, 5) is 24.9. The van der Waals surface area contributed by atoms with Gasteiger partial charge in [0.15, 0.2) is 0 Å². The molecule has 0 aliphatic carbocycles. The topological polar surface area (TPSA) is 87.2 Å². The molecule has 3 amide bonds. The van der Waals surface area contributed by atoms with E-state index in [1.165, 1.54) is 16.4 Å². The predicted octanol–water partition coefficient (Wildman–Crippen LogP) is 0.800. The summed E-state index contributed by atoms with van der Waals surface area (Å²) in [6.07, 6.45) is 1.51. The van der Waals surface area contributed by atoms with E-state index in [1.54, 1.807) is 7.05 Å². The molecule has 7 nitrogen and oxygen atoms in total. The number of hydrogen-bond acceptors (Lipinski definition) is 6. The number of hydrogen-bond donors (Lipinski definition) is 2. The molecule has 1 saturated heterocycles. The second kappa shape index (κ2) is 5.30. The van der Waals surface area contributed by atoms with Gasteiger partial charge in [-0.15, -0.1) is 5.10 Å². The van der Waals surface area contributed by atoms with Crippen LogP contribution < -0.4 is 10.6 Å². The van der Waals surface area contributed by atoms with Crippen molar-refractivity contribution in [1.82, 2.24) is 19.8 Å². The maximum atomic E-state index is 12.0. The highest BCUT2D eigenvalue weighted by Crippen LogP contribution is 2.21. The van der Waals surface area contributed by atoms with E-state index in [4.69, 9.17) is 0 Å². The molecule has 0 aromatic carbocycles. The van der Waals surface area contributed by atoms with Crippen molar-refractivity contribution in [1.29, 1.82) is 0 Å². The third-order valence-electron chi connectivity index (χ3n) is 2.78. The lowest BCUT2D eigenvalue weighted by atomic mass is 10.2. The standard InChI is InChI=1S/C10H15N5O2S/c1-3-4-6-9(16)15(10(17)12-6)5-7-8(11-2)18-14-13-7/h6,11H,3-5H2,1-2H3,(H,12,17). The molecular formula is C10H15N5O2S. The van der Waals surface area contributed by atoms with Crippen LogP contribution in [0.15, 0.2) is 0 Å². The van der Waals surface area contributed by atoms with Crippen LogP contribution in [0.3, 0.4) is 0 Å². The van der Waals surface area contributed by atoms with Gasteiger partial charge in [-0.1, -0.05) is 17.8 Å². The van der Waals surface area contributed by atoms with E-state index in [1.807, 2.05) is 6.92 Å². The van der Waals surface area contributed by atoms with Crippen molar-refractivity contribution in [2.45, 2.75) is 32.4 Å². The van der Waals surface area contributed by atoms with Crippen LogP contribution in [0.25, 0.3) is 0 Å². The Morgan fingerprint density at radius 1 is 1.50 bits per heavy atom. The third kappa shape index (κ3) is 2.28. The predicted molar refractivity (Wildman–Crippen MR) is 67.2 cm³/mol. The Kier molecular flexibility index (Phi) is 3.75. The molecule has 1 fully saturated rings. The van der Waals surface area contributed by atoms with Gasteiger partial charge in [-0.05, 0) is 6.42 Å². The van der Waals surface area contributed by atoms with Gasteiger partial charge in [-0.2, -0.15) is 0 Å². The number of nitrogens with zero attached hydrogens (tertiary/aromatic N) is 3. The molecule has 0 bridgehead atoms. The van der Waals surface area contributed by atoms with E-state index >= 15 is 0 Å². The maximum Gasteiger partial charge on any atom is 0.325 e. The van der Waals surface area contributed by atoms with Crippen molar-refractivity contribution in [3.8, 4) is 0 Å². The zero-order valence-electron chi connectivity index (χ0n) is 10.3. The summed E-state index contributed by atoms with van der Waals surface area (Å²) in [5, 5.41) is 10.3. The van der Waals surface area contributed by atoms with Crippen molar-refractivity contribution >= 4 is 28.5 Å². The first-order chi connectivity index (χ1) is 8.67. The fourth-order valence-corrected chi connectivity index (χ4v) is 2.39. The highest BCUT2D eigenvalue weighted by atomic mass is 32.1. The summed E-state index contributed by atoms with van der Waals surface area (Å²) in [6, 6.07) is -0.749. The van der Waals surface area contributed by atoms with E-state index in [2.05, 4.69) is 20.2 Å². The molecule has 0 spiro atoms. The Bertz CT molecular complexity index is 461. The second-order valence-corrected chi connectivity index (χ2v) is 4.77. The van der Waals surface area contributed by atoms with Gasteiger partial charge in [0.1, 0.15) is 16.7 Å². The molecule has 1 aromatic heterocycles. The van der Waals surface area contributed by atoms with Crippen LogP contribution in [0.5, 0.6) is 0 Å². The number of rotatable bonds is 5. The Morgan fingerprint density at radius 3 is 2.94 bits per heavy atom. The number of carbonyl (C=O) groups excluding carboxylic acids is 2. The summed E-state index contributed by atoms with van der Waals surface area (Å²) in [7, 11) is 1.75. The first kappa shape index (κ1) is 12.7. The minimum absolute atomic E-state index is 0.164. The van der Waals surface area contributed by atoms with E-state index in [-0.39, 0.29) is 18.5 Å². The molecule has 1 aliphatic rings.